The number of carbonyl (C=O) groups is 1. The van der Waals surface area contributed by atoms with Crippen LogP contribution < -0.4 is 5.32 Å². The van der Waals surface area contributed by atoms with Gasteiger partial charge in [-0.2, -0.15) is 0 Å². The third-order valence-corrected chi connectivity index (χ3v) is 3.62. The summed E-state index contributed by atoms with van der Waals surface area (Å²) < 4.78 is 13.0. The molecule has 0 radical (unpaired) electrons. The molecule has 0 bridgehead atoms. The Labute approximate surface area is 123 Å². The van der Waals surface area contributed by atoms with Crippen LogP contribution in [0.4, 0.5) is 10.1 Å². The first-order chi connectivity index (χ1) is 9.96. The van der Waals surface area contributed by atoms with Crippen molar-refractivity contribution in [2.24, 2.45) is 5.92 Å². The minimum Gasteiger partial charge on any atom is -0.479 e. The maximum atomic E-state index is 13.0. The Hall–Kier alpha value is -2.36. The first-order valence-electron chi connectivity index (χ1n) is 6.79. The van der Waals surface area contributed by atoms with Crippen LogP contribution in [-0.4, -0.2) is 11.1 Å². The van der Waals surface area contributed by atoms with E-state index in [9.17, 15) is 14.3 Å². The summed E-state index contributed by atoms with van der Waals surface area (Å²) in [5.41, 5.74) is -0.0350. The van der Waals surface area contributed by atoms with E-state index in [1.807, 2.05) is 32.0 Å². The van der Waals surface area contributed by atoms with E-state index in [2.05, 4.69) is 5.32 Å². The molecule has 0 aromatic heterocycles. The highest BCUT2D eigenvalue weighted by molar-refractivity contribution is 5.85. The fourth-order valence-corrected chi connectivity index (χ4v) is 2.44. The zero-order valence-electron chi connectivity index (χ0n) is 12.0. The maximum absolute atomic E-state index is 13.0. The molecule has 4 heteroatoms. The van der Waals surface area contributed by atoms with Crippen LogP contribution in [0.1, 0.15) is 19.4 Å². The highest BCUT2D eigenvalue weighted by atomic mass is 19.1. The van der Waals surface area contributed by atoms with Gasteiger partial charge < -0.3 is 10.4 Å². The van der Waals surface area contributed by atoms with Gasteiger partial charge in [-0.05, 0) is 35.7 Å². The number of carboxylic acids is 1. The Kier molecular flexibility index (Phi) is 4.26. The number of aliphatic carboxylic acids is 1. The molecule has 0 aliphatic rings. The third-order valence-electron chi connectivity index (χ3n) is 3.62. The lowest BCUT2D eigenvalue weighted by Gasteiger charge is -2.35. The minimum atomic E-state index is -1.26. The number of hydrogen-bond acceptors (Lipinski definition) is 2. The number of nitrogens with one attached hydrogen (secondary N) is 1. The summed E-state index contributed by atoms with van der Waals surface area (Å²) >= 11 is 0. The molecule has 0 spiro atoms. The van der Waals surface area contributed by atoms with Gasteiger partial charge >= 0.3 is 5.97 Å². The molecule has 0 amide bonds. The molecule has 2 N–H and O–H groups in total. The Morgan fingerprint density at radius 3 is 2.14 bits per heavy atom. The van der Waals surface area contributed by atoms with Gasteiger partial charge in [0.15, 0.2) is 5.54 Å². The lowest BCUT2D eigenvalue weighted by molar-refractivity contribution is -0.144. The molecule has 21 heavy (non-hydrogen) atoms. The van der Waals surface area contributed by atoms with Gasteiger partial charge in [0, 0.05) is 5.69 Å². The molecule has 1 unspecified atom stereocenters. The zero-order chi connectivity index (χ0) is 15.5. The summed E-state index contributed by atoms with van der Waals surface area (Å²) in [4.78, 5) is 12.0. The lowest BCUT2D eigenvalue weighted by Crippen LogP contribution is -2.48. The van der Waals surface area contributed by atoms with Gasteiger partial charge in [-0.1, -0.05) is 44.2 Å². The fourth-order valence-electron chi connectivity index (χ4n) is 2.44. The van der Waals surface area contributed by atoms with Gasteiger partial charge in [0.05, 0.1) is 0 Å². The van der Waals surface area contributed by atoms with Crippen LogP contribution in [0.25, 0.3) is 0 Å². The van der Waals surface area contributed by atoms with Crippen LogP contribution in [0, 0.1) is 11.7 Å². The number of anilines is 1. The van der Waals surface area contributed by atoms with Crippen molar-refractivity contribution in [1.29, 1.82) is 0 Å². The van der Waals surface area contributed by atoms with Crippen molar-refractivity contribution in [3.63, 3.8) is 0 Å². The van der Waals surface area contributed by atoms with Crippen LogP contribution in [0.2, 0.25) is 0 Å². The van der Waals surface area contributed by atoms with Crippen molar-refractivity contribution < 1.29 is 14.3 Å². The Morgan fingerprint density at radius 2 is 1.67 bits per heavy atom. The molecular formula is C17H18FNO2. The summed E-state index contributed by atoms with van der Waals surface area (Å²) in [5, 5.41) is 12.9. The SMILES string of the molecule is CC(C)C(Nc1ccc(F)cc1)(C(=O)O)c1ccccc1. The molecule has 0 heterocycles. The van der Waals surface area contributed by atoms with Gasteiger partial charge in [0.25, 0.3) is 0 Å². The third kappa shape index (κ3) is 2.89. The summed E-state index contributed by atoms with van der Waals surface area (Å²) in [7, 11) is 0. The smallest absolute Gasteiger partial charge is 0.334 e. The van der Waals surface area contributed by atoms with Gasteiger partial charge in [-0.25, -0.2) is 9.18 Å². The number of rotatable bonds is 5. The van der Waals surface area contributed by atoms with Gasteiger partial charge in [0.2, 0.25) is 0 Å². The van der Waals surface area contributed by atoms with Crippen molar-refractivity contribution in [1.82, 2.24) is 0 Å². The molecular weight excluding hydrogens is 269 g/mol. The summed E-state index contributed by atoms with van der Waals surface area (Å²) in [6.45, 7) is 3.69. The van der Waals surface area contributed by atoms with E-state index in [0.29, 0.717) is 11.3 Å². The number of halogens is 1. The summed E-state index contributed by atoms with van der Waals surface area (Å²) in [5.74, 6) is -1.53. The van der Waals surface area contributed by atoms with E-state index in [1.54, 1.807) is 24.3 Å². The van der Waals surface area contributed by atoms with Crippen molar-refractivity contribution in [2.45, 2.75) is 19.4 Å². The van der Waals surface area contributed by atoms with E-state index < -0.39 is 11.5 Å². The first kappa shape index (κ1) is 15.0. The zero-order valence-corrected chi connectivity index (χ0v) is 12.0. The van der Waals surface area contributed by atoms with Crippen LogP contribution in [0.15, 0.2) is 54.6 Å². The number of carboxylic acid groups (broad SMARTS) is 1. The van der Waals surface area contributed by atoms with Crippen LogP contribution in [0.3, 0.4) is 0 Å². The average Bonchev–Trinajstić information content (AvgIpc) is 2.47. The highest BCUT2D eigenvalue weighted by Gasteiger charge is 2.43. The fraction of sp³-hybridized carbons (Fsp3) is 0.235. The molecule has 3 nitrogen and oxygen atoms in total. The monoisotopic (exact) mass is 287 g/mol. The van der Waals surface area contributed by atoms with E-state index in [0.717, 1.165) is 0 Å². The molecule has 0 aliphatic carbocycles. The topological polar surface area (TPSA) is 49.3 Å². The molecule has 0 aliphatic heterocycles. The molecule has 1 atom stereocenters. The van der Waals surface area contributed by atoms with Crippen LogP contribution in [-0.2, 0) is 10.3 Å². The van der Waals surface area contributed by atoms with Crippen LogP contribution in [0.5, 0.6) is 0 Å². The van der Waals surface area contributed by atoms with Crippen LogP contribution >= 0.6 is 0 Å². The Bertz CT molecular complexity index is 610. The largest absolute Gasteiger partial charge is 0.479 e. The molecule has 0 fully saturated rings. The predicted octanol–water partition coefficient (Wildman–Crippen LogP) is 3.87. The van der Waals surface area contributed by atoms with Crippen molar-refractivity contribution >= 4 is 11.7 Å². The van der Waals surface area contributed by atoms with Gasteiger partial charge in [-0.15, -0.1) is 0 Å². The van der Waals surface area contributed by atoms with Gasteiger partial charge in [-0.3, -0.25) is 0 Å². The summed E-state index contributed by atoms with van der Waals surface area (Å²) in [6.07, 6.45) is 0. The quantitative estimate of drug-likeness (QED) is 0.877. The Morgan fingerprint density at radius 1 is 1.10 bits per heavy atom. The molecule has 110 valence electrons. The second-order valence-corrected chi connectivity index (χ2v) is 5.27. The average molecular weight is 287 g/mol. The second-order valence-electron chi connectivity index (χ2n) is 5.27. The van der Waals surface area contributed by atoms with E-state index in [4.69, 9.17) is 0 Å². The van der Waals surface area contributed by atoms with Crippen molar-refractivity contribution in [2.75, 3.05) is 5.32 Å². The van der Waals surface area contributed by atoms with E-state index in [1.165, 1.54) is 12.1 Å². The number of benzene rings is 2. The normalized spacial score (nSPS) is 13.7. The summed E-state index contributed by atoms with van der Waals surface area (Å²) in [6, 6.07) is 14.7. The van der Waals surface area contributed by atoms with Crippen molar-refractivity contribution in [3.05, 3.63) is 66.0 Å². The standard InChI is InChI=1S/C17H18FNO2/c1-12(2)17(16(20)21,13-6-4-3-5-7-13)19-15-10-8-14(18)9-11-15/h3-12,19H,1-2H3,(H,20,21). The van der Waals surface area contributed by atoms with E-state index in [-0.39, 0.29) is 11.7 Å². The number of hydrogen-bond donors (Lipinski definition) is 2. The minimum absolute atomic E-state index is 0.206. The lowest BCUT2D eigenvalue weighted by atomic mass is 9.79. The highest BCUT2D eigenvalue weighted by Crippen LogP contribution is 2.34. The molecule has 0 saturated heterocycles. The van der Waals surface area contributed by atoms with Crippen molar-refractivity contribution in [3.8, 4) is 0 Å². The second kappa shape index (κ2) is 5.95. The first-order valence-corrected chi connectivity index (χ1v) is 6.79. The van der Waals surface area contributed by atoms with Gasteiger partial charge in [0.1, 0.15) is 5.82 Å². The molecule has 2 aromatic carbocycles. The Balaban J connectivity index is 2.50. The molecule has 0 saturated carbocycles. The molecule has 2 rings (SSSR count). The predicted molar refractivity (Wildman–Crippen MR) is 80.6 cm³/mol. The maximum Gasteiger partial charge on any atom is 0.334 e. The van der Waals surface area contributed by atoms with E-state index >= 15 is 0 Å². The molecule has 2 aromatic rings.